The maximum Gasteiger partial charge on any atom is 0.230 e. The van der Waals surface area contributed by atoms with Crippen molar-refractivity contribution in [2.75, 3.05) is 10.6 Å². The Balaban J connectivity index is 1.72. The van der Waals surface area contributed by atoms with Crippen LogP contribution in [0.25, 0.3) is 22.3 Å². The van der Waals surface area contributed by atoms with Crippen molar-refractivity contribution < 1.29 is 0 Å². The number of anilines is 4. The summed E-state index contributed by atoms with van der Waals surface area (Å²) in [5.41, 5.74) is 7.24. The van der Waals surface area contributed by atoms with Crippen molar-refractivity contribution in [1.82, 2.24) is 15.0 Å². The first-order chi connectivity index (χ1) is 15.9. The minimum atomic E-state index is 0.486. The Morgan fingerprint density at radius 1 is 0.531 bits per heavy atom. The van der Waals surface area contributed by atoms with E-state index >= 15 is 0 Å². The maximum atomic E-state index is 4.27. The summed E-state index contributed by atoms with van der Waals surface area (Å²) in [6.07, 6.45) is 2.97. The van der Waals surface area contributed by atoms with Gasteiger partial charge in [0, 0.05) is 11.3 Å². The predicted octanol–water partition coefficient (Wildman–Crippen LogP) is 6.69. The number of para-hydroxylation sites is 1. The lowest BCUT2D eigenvalue weighted by Crippen LogP contribution is -2.03. The highest BCUT2D eigenvalue weighted by Gasteiger charge is 2.15. The van der Waals surface area contributed by atoms with Gasteiger partial charge < -0.3 is 10.6 Å². The summed E-state index contributed by atoms with van der Waals surface area (Å²) in [7, 11) is 0. The third kappa shape index (κ3) is 4.32. The molecule has 0 atom stereocenters. The summed E-state index contributed by atoms with van der Waals surface area (Å²) in [5, 5.41) is 6.99. The van der Waals surface area contributed by atoms with Crippen LogP contribution in [0.3, 0.4) is 0 Å². The zero-order valence-electron chi connectivity index (χ0n) is 17.3. The Morgan fingerprint density at radius 2 is 1.12 bits per heavy atom. The van der Waals surface area contributed by atoms with Gasteiger partial charge in [0.25, 0.3) is 0 Å². The standard InChI is InChI=1S/C27H21N5/c1-4-10-20(11-5-1)22-16-24(21-12-6-2-7-13-21)26(31-23-14-8-3-9-15-23)25(17-22)32-27-29-18-28-19-30-27/h1-19,31H,(H,28,29,30,32). The second-order valence-electron chi connectivity index (χ2n) is 7.26. The summed E-state index contributed by atoms with van der Waals surface area (Å²) in [6.45, 7) is 0. The smallest absolute Gasteiger partial charge is 0.230 e. The van der Waals surface area contributed by atoms with Gasteiger partial charge in [-0.25, -0.2) is 15.0 Å². The summed E-state index contributed by atoms with van der Waals surface area (Å²) in [4.78, 5) is 12.5. The van der Waals surface area contributed by atoms with Crippen LogP contribution in [-0.4, -0.2) is 15.0 Å². The molecule has 0 saturated carbocycles. The van der Waals surface area contributed by atoms with Gasteiger partial charge in [-0.3, -0.25) is 0 Å². The molecule has 0 unspecified atom stereocenters. The predicted molar refractivity (Wildman–Crippen MR) is 130 cm³/mol. The molecule has 0 bridgehead atoms. The van der Waals surface area contributed by atoms with E-state index in [0.717, 1.165) is 39.3 Å². The third-order valence-electron chi connectivity index (χ3n) is 5.11. The molecule has 0 amide bonds. The SMILES string of the molecule is c1ccc(Nc2c(Nc3ncncn3)cc(-c3ccccc3)cc2-c2ccccc2)cc1. The van der Waals surface area contributed by atoms with Crippen molar-refractivity contribution in [2.45, 2.75) is 0 Å². The Hall–Kier alpha value is -4.51. The number of nitrogens with one attached hydrogen (secondary N) is 2. The van der Waals surface area contributed by atoms with Crippen LogP contribution in [0, 0.1) is 0 Å². The van der Waals surface area contributed by atoms with Gasteiger partial charge >= 0.3 is 0 Å². The van der Waals surface area contributed by atoms with Gasteiger partial charge in [0.05, 0.1) is 11.4 Å². The summed E-state index contributed by atoms with van der Waals surface area (Å²) in [6, 6.07) is 35.2. The van der Waals surface area contributed by atoms with Gasteiger partial charge in [-0.05, 0) is 41.0 Å². The van der Waals surface area contributed by atoms with Crippen LogP contribution >= 0.6 is 0 Å². The van der Waals surface area contributed by atoms with Crippen LogP contribution in [0.2, 0.25) is 0 Å². The van der Waals surface area contributed by atoms with Crippen molar-refractivity contribution in [1.29, 1.82) is 0 Å². The lowest BCUT2D eigenvalue weighted by Gasteiger charge is -2.20. The van der Waals surface area contributed by atoms with E-state index in [-0.39, 0.29) is 0 Å². The Kier molecular flexibility index (Phi) is 5.53. The molecule has 0 aliphatic rings. The van der Waals surface area contributed by atoms with Gasteiger partial charge in [-0.15, -0.1) is 0 Å². The molecule has 5 rings (SSSR count). The molecule has 5 aromatic rings. The van der Waals surface area contributed by atoms with Crippen LogP contribution in [-0.2, 0) is 0 Å². The molecule has 5 heteroatoms. The third-order valence-corrected chi connectivity index (χ3v) is 5.11. The van der Waals surface area contributed by atoms with E-state index in [9.17, 15) is 0 Å². The van der Waals surface area contributed by atoms with Gasteiger partial charge in [0.2, 0.25) is 5.95 Å². The van der Waals surface area contributed by atoms with Crippen molar-refractivity contribution in [2.24, 2.45) is 0 Å². The van der Waals surface area contributed by atoms with E-state index in [1.165, 1.54) is 12.7 Å². The quantitative estimate of drug-likeness (QED) is 0.323. The molecule has 2 N–H and O–H groups in total. The highest BCUT2D eigenvalue weighted by Crippen LogP contribution is 2.41. The Bertz CT molecular complexity index is 1290. The lowest BCUT2D eigenvalue weighted by atomic mass is 9.95. The molecule has 0 spiro atoms. The largest absolute Gasteiger partial charge is 0.353 e. The lowest BCUT2D eigenvalue weighted by molar-refractivity contribution is 1.05. The Labute approximate surface area is 186 Å². The number of hydrogen-bond acceptors (Lipinski definition) is 5. The van der Waals surface area contributed by atoms with E-state index in [2.05, 4.69) is 74.1 Å². The van der Waals surface area contributed by atoms with E-state index in [4.69, 9.17) is 0 Å². The number of rotatable bonds is 6. The van der Waals surface area contributed by atoms with Crippen LogP contribution < -0.4 is 10.6 Å². The van der Waals surface area contributed by atoms with E-state index in [0.29, 0.717) is 5.95 Å². The topological polar surface area (TPSA) is 62.7 Å². The molecule has 1 heterocycles. The molecular formula is C27H21N5. The fourth-order valence-electron chi connectivity index (χ4n) is 3.61. The molecule has 32 heavy (non-hydrogen) atoms. The summed E-state index contributed by atoms with van der Waals surface area (Å²) < 4.78 is 0. The normalized spacial score (nSPS) is 10.5. The van der Waals surface area contributed by atoms with Crippen molar-refractivity contribution >= 4 is 23.0 Å². The van der Waals surface area contributed by atoms with Gasteiger partial charge in [-0.1, -0.05) is 78.9 Å². The minimum Gasteiger partial charge on any atom is -0.353 e. The van der Waals surface area contributed by atoms with Crippen molar-refractivity contribution in [3.63, 3.8) is 0 Å². The van der Waals surface area contributed by atoms with Crippen molar-refractivity contribution in [3.8, 4) is 22.3 Å². The molecule has 0 aliphatic carbocycles. The molecular weight excluding hydrogens is 394 g/mol. The molecule has 4 aromatic carbocycles. The molecule has 154 valence electrons. The van der Waals surface area contributed by atoms with E-state index in [1.54, 1.807) is 0 Å². The highest BCUT2D eigenvalue weighted by atomic mass is 15.1. The molecule has 0 radical (unpaired) electrons. The average molecular weight is 416 g/mol. The molecule has 5 nitrogen and oxygen atoms in total. The second-order valence-corrected chi connectivity index (χ2v) is 7.26. The fraction of sp³-hybridized carbons (Fsp3) is 0. The first-order valence-corrected chi connectivity index (χ1v) is 10.4. The monoisotopic (exact) mass is 415 g/mol. The molecule has 0 fully saturated rings. The zero-order chi connectivity index (χ0) is 21.6. The first kappa shape index (κ1) is 19.5. The Morgan fingerprint density at radius 3 is 1.78 bits per heavy atom. The van der Waals surface area contributed by atoms with E-state index < -0.39 is 0 Å². The van der Waals surface area contributed by atoms with Gasteiger partial charge in [0.15, 0.2) is 0 Å². The van der Waals surface area contributed by atoms with Crippen LogP contribution in [0.1, 0.15) is 0 Å². The number of aromatic nitrogens is 3. The van der Waals surface area contributed by atoms with Crippen LogP contribution in [0.15, 0.2) is 116 Å². The zero-order valence-corrected chi connectivity index (χ0v) is 17.3. The van der Waals surface area contributed by atoms with Crippen LogP contribution in [0.5, 0.6) is 0 Å². The average Bonchev–Trinajstić information content (AvgIpc) is 2.87. The molecule has 0 aliphatic heterocycles. The van der Waals surface area contributed by atoms with Crippen LogP contribution in [0.4, 0.5) is 23.0 Å². The van der Waals surface area contributed by atoms with Crippen molar-refractivity contribution in [3.05, 3.63) is 116 Å². The minimum absolute atomic E-state index is 0.486. The summed E-state index contributed by atoms with van der Waals surface area (Å²) in [5.74, 6) is 0.486. The second kappa shape index (κ2) is 9.10. The highest BCUT2D eigenvalue weighted by molar-refractivity contribution is 5.94. The fourth-order valence-corrected chi connectivity index (χ4v) is 3.61. The maximum absolute atomic E-state index is 4.27. The first-order valence-electron chi connectivity index (χ1n) is 10.4. The number of nitrogens with zero attached hydrogens (tertiary/aromatic N) is 3. The molecule has 0 saturated heterocycles. The van der Waals surface area contributed by atoms with Gasteiger partial charge in [0.1, 0.15) is 12.7 Å². The number of benzene rings is 4. The summed E-state index contributed by atoms with van der Waals surface area (Å²) >= 11 is 0. The van der Waals surface area contributed by atoms with E-state index in [1.807, 2.05) is 54.6 Å². The number of hydrogen-bond donors (Lipinski definition) is 2. The van der Waals surface area contributed by atoms with Gasteiger partial charge in [-0.2, -0.15) is 0 Å². The molecule has 1 aromatic heterocycles.